The fourth-order valence-electron chi connectivity index (χ4n) is 2.69. The minimum absolute atomic E-state index is 0.00639. The van der Waals surface area contributed by atoms with Gasteiger partial charge in [0.2, 0.25) is 0 Å². The molecule has 1 aliphatic rings. The van der Waals surface area contributed by atoms with Gasteiger partial charge in [0.1, 0.15) is 0 Å². The Balaban J connectivity index is 2.03. The monoisotopic (exact) mass is 282 g/mol. The molecule has 3 unspecified atom stereocenters. The van der Waals surface area contributed by atoms with Crippen LogP contribution in [0.3, 0.4) is 0 Å². The molecule has 2 nitrogen and oxygen atoms in total. The van der Waals surface area contributed by atoms with E-state index in [1.807, 2.05) is 6.92 Å². The molecule has 0 saturated heterocycles. The van der Waals surface area contributed by atoms with Crippen molar-refractivity contribution in [1.82, 2.24) is 5.32 Å². The average Bonchev–Trinajstić information content (AvgIpc) is 2.85. The van der Waals surface area contributed by atoms with Crippen LogP contribution in [0.4, 0.5) is 13.2 Å². The first-order chi connectivity index (χ1) is 9.41. The van der Waals surface area contributed by atoms with Gasteiger partial charge in [0.15, 0.2) is 0 Å². The molecular formula is C15H17F3N2. The van der Waals surface area contributed by atoms with Gasteiger partial charge in [0.25, 0.3) is 0 Å². The third kappa shape index (κ3) is 3.31. The van der Waals surface area contributed by atoms with E-state index in [2.05, 4.69) is 11.4 Å². The minimum atomic E-state index is -4.30. The zero-order valence-electron chi connectivity index (χ0n) is 11.2. The van der Waals surface area contributed by atoms with E-state index in [9.17, 15) is 13.2 Å². The number of benzene rings is 1. The van der Waals surface area contributed by atoms with Gasteiger partial charge in [-0.1, -0.05) is 18.6 Å². The van der Waals surface area contributed by atoms with Gasteiger partial charge in [-0.15, -0.1) is 0 Å². The molecule has 0 aromatic heterocycles. The summed E-state index contributed by atoms with van der Waals surface area (Å²) in [5.41, 5.74) is 0.172. The van der Waals surface area contributed by atoms with Gasteiger partial charge < -0.3 is 5.32 Å². The zero-order valence-corrected chi connectivity index (χ0v) is 11.2. The molecule has 0 aliphatic heterocycles. The number of nitrogens with one attached hydrogen (secondary N) is 1. The van der Waals surface area contributed by atoms with Crippen LogP contribution in [0.5, 0.6) is 0 Å². The first-order valence-electron chi connectivity index (χ1n) is 6.74. The van der Waals surface area contributed by atoms with Gasteiger partial charge in [0.05, 0.1) is 17.6 Å². The molecular weight excluding hydrogens is 265 g/mol. The summed E-state index contributed by atoms with van der Waals surface area (Å²) in [6, 6.07) is 7.56. The molecule has 1 aromatic carbocycles. The highest BCUT2D eigenvalue weighted by Crippen LogP contribution is 2.31. The summed E-state index contributed by atoms with van der Waals surface area (Å²) in [5, 5.41) is 12.4. The topological polar surface area (TPSA) is 35.8 Å². The van der Waals surface area contributed by atoms with Gasteiger partial charge in [-0.2, -0.15) is 18.4 Å². The number of hydrogen-bond donors (Lipinski definition) is 1. The summed E-state index contributed by atoms with van der Waals surface area (Å²) in [6.07, 6.45) is -1.43. The standard InChI is InChI=1S/C15H17F3N2/c1-10(20-14-4-2-3-12(14)9-19)11-5-7-13(8-6-11)15(16,17)18/h5-8,10,12,14,20H,2-4H2,1H3. The lowest BCUT2D eigenvalue weighted by molar-refractivity contribution is -0.137. The molecule has 0 bridgehead atoms. The fourth-order valence-corrected chi connectivity index (χ4v) is 2.69. The molecule has 2 rings (SSSR count). The van der Waals surface area contributed by atoms with Gasteiger partial charge in [-0.3, -0.25) is 0 Å². The number of alkyl halides is 3. The van der Waals surface area contributed by atoms with Crippen molar-refractivity contribution >= 4 is 0 Å². The molecule has 1 fully saturated rings. The van der Waals surface area contributed by atoms with Crippen molar-refractivity contribution in [1.29, 1.82) is 5.26 Å². The maximum absolute atomic E-state index is 12.5. The highest BCUT2D eigenvalue weighted by atomic mass is 19.4. The van der Waals surface area contributed by atoms with Crippen molar-refractivity contribution in [2.75, 3.05) is 0 Å². The second-order valence-electron chi connectivity index (χ2n) is 5.28. The van der Waals surface area contributed by atoms with Crippen LogP contribution in [-0.4, -0.2) is 6.04 Å². The molecule has 0 heterocycles. The fraction of sp³-hybridized carbons (Fsp3) is 0.533. The summed E-state index contributed by atoms with van der Waals surface area (Å²) < 4.78 is 37.5. The molecule has 3 atom stereocenters. The molecule has 1 aliphatic carbocycles. The number of rotatable bonds is 3. The van der Waals surface area contributed by atoms with Crippen molar-refractivity contribution in [2.24, 2.45) is 5.92 Å². The lowest BCUT2D eigenvalue weighted by Gasteiger charge is -2.22. The van der Waals surface area contributed by atoms with Crippen LogP contribution in [0.1, 0.15) is 43.4 Å². The van der Waals surface area contributed by atoms with Crippen LogP contribution in [0.15, 0.2) is 24.3 Å². The highest BCUT2D eigenvalue weighted by molar-refractivity contribution is 5.26. The Kier molecular flexibility index (Phi) is 4.34. The van der Waals surface area contributed by atoms with Crippen molar-refractivity contribution < 1.29 is 13.2 Å². The first kappa shape index (κ1) is 14.9. The van der Waals surface area contributed by atoms with Gasteiger partial charge in [-0.05, 0) is 37.5 Å². The van der Waals surface area contributed by atoms with Crippen LogP contribution >= 0.6 is 0 Å². The second-order valence-corrected chi connectivity index (χ2v) is 5.28. The van der Waals surface area contributed by atoms with Crippen molar-refractivity contribution in [2.45, 2.75) is 44.4 Å². The SMILES string of the molecule is CC(NC1CCCC1C#N)c1ccc(C(F)(F)F)cc1. The molecule has 1 aromatic rings. The second kappa shape index (κ2) is 5.84. The summed E-state index contributed by atoms with van der Waals surface area (Å²) in [7, 11) is 0. The van der Waals surface area contributed by atoms with E-state index in [-0.39, 0.29) is 18.0 Å². The molecule has 0 spiro atoms. The van der Waals surface area contributed by atoms with E-state index in [4.69, 9.17) is 5.26 Å². The van der Waals surface area contributed by atoms with Gasteiger partial charge in [0, 0.05) is 12.1 Å². The van der Waals surface area contributed by atoms with E-state index in [0.29, 0.717) is 0 Å². The number of halogens is 3. The molecule has 20 heavy (non-hydrogen) atoms. The van der Waals surface area contributed by atoms with Crippen LogP contribution < -0.4 is 5.32 Å². The summed E-state index contributed by atoms with van der Waals surface area (Å²) in [6.45, 7) is 1.91. The van der Waals surface area contributed by atoms with Crippen LogP contribution in [0, 0.1) is 17.2 Å². The van der Waals surface area contributed by atoms with E-state index >= 15 is 0 Å². The normalized spacial score (nSPS) is 24.4. The maximum Gasteiger partial charge on any atom is 0.416 e. The van der Waals surface area contributed by atoms with Crippen LogP contribution in [0.2, 0.25) is 0 Å². The largest absolute Gasteiger partial charge is 0.416 e. The predicted molar refractivity (Wildman–Crippen MR) is 69.7 cm³/mol. The average molecular weight is 282 g/mol. The molecule has 108 valence electrons. The Morgan fingerprint density at radius 1 is 1.25 bits per heavy atom. The number of hydrogen-bond acceptors (Lipinski definition) is 2. The Morgan fingerprint density at radius 3 is 2.45 bits per heavy atom. The minimum Gasteiger partial charge on any atom is -0.306 e. The van der Waals surface area contributed by atoms with E-state index in [1.54, 1.807) is 0 Å². The van der Waals surface area contributed by atoms with Gasteiger partial charge >= 0.3 is 6.18 Å². The summed E-state index contributed by atoms with van der Waals surface area (Å²) >= 11 is 0. The van der Waals surface area contributed by atoms with Crippen molar-refractivity contribution in [3.05, 3.63) is 35.4 Å². The lowest BCUT2D eigenvalue weighted by atomic mass is 10.0. The lowest BCUT2D eigenvalue weighted by Crippen LogP contribution is -2.33. The molecule has 0 radical (unpaired) electrons. The van der Waals surface area contributed by atoms with Gasteiger partial charge in [-0.25, -0.2) is 0 Å². The zero-order chi connectivity index (χ0) is 14.8. The highest BCUT2D eigenvalue weighted by Gasteiger charge is 2.31. The smallest absolute Gasteiger partial charge is 0.306 e. The number of nitriles is 1. The van der Waals surface area contributed by atoms with E-state index in [0.717, 1.165) is 37.0 Å². The Bertz CT molecular complexity index is 487. The Hall–Kier alpha value is -1.54. The third-order valence-electron chi connectivity index (χ3n) is 3.88. The molecule has 0 amide bonds. The van der Waals surface area contributed by atoms with E-state index < -0.39 is 11.7 Å². The molecule has 5 heteroatoms. The number of nitrogens with zero attached hydrogens (tertiary/aromatic N) is 1. The van der Waals surface area contributed by atoms with Crippen LogP contribution in [0.25, 0.3) is 0 Å². The van der Waals surface area contributed by atoms with Crippen LogP contribution in [-0.2, 0) is 6.18 Å². The molecule has 1 saturated carbocycles. The summed E-state index contributed by atoms with van der Waals surface area (Å²) in [5.74, 6) is 0.00639. The quantitative estimate of drug-likeness (QED) is 0.908. The predicted octanol–water partition coefficient (Wildman–Crippen LogP) is 4.05. The summed E-state index contributed by atoms with van der Waals surface area (Å²) in [4.78, 5) is 0. The van der Waals surface area contributed by atoms with E-state index in [1.165, 1.54) is 12.1 Å². The first-order valence-corrected chi connectivity index (χ1v) is 6.74. The maximum atomic E-state index is 12.5. The Morgan fingerprint density at radius 2 is 1.90 bits per heavy atom. The Labute approximate surface area is 116 Å². The molecule has 1 N–H and O–H groups in total. The van der Waals surface area contributed by atoms with Crippen molar-refractivity contribution in [3.8, 4) is 6.07 Å². The van der Waals surface area contributed by atoms with Crippen molar-refractivity contribution in [3.63, 3.8) is 0 Å². The third-order valence-corrected chi connectivity index (χ3v) is 3.88.